The number of aromatic nitrogens is 2. The highest BCUT2D eigenvalue weighted by Gasteiger charge is 2.23. The van der Waals surface area contributed by atoms with Gasteiger partial charge in [0.25, 0.3) is 0 Å². The van der Waals surface area contributed by atoms with E-state index in [4.69, 9.17) is 0 Å². The molecule has 1 saturated heterocycles. The van der Waals surface area contributed by atoms with Gasteiger partial charge in [-0.25, -0.2) is 0 Å². The Morgan fingerprint density at radius 2 is 2.31 bits per heavy atom. The molecule has 1 aromatic heterocycles. The zero-order valence-corrected chi connectivity index (χ0v) is 10.9. The summed E-state index contributed by atoms with van der Waals surface area (Å²) in [5.74, 6) is 2.24. The Morgan fingerprint density at radius 3 is 2.94 bits per heavy atom. The molecule has 0 bridgehead atoms. The van der Waals surface area contributed by atoms with Crippen LogP contribution in [0.15, 0.2) is 0 Å². The van der Waals surface area contributed by atoms with Crippen molar-refractivity contribution in [1.29, 1.82) is 0 Å². The van der Waals surface area contributed by atoms with Crippen LogP contribution in [0.5, 0.6) is 0 Å². The Bertz CT molecular complexity index is 378. The third-order valence-corrected chi connectivity index (χ3v) is 4.15. The van der Waals surface area contributed by atoms with Crippen LogP contribution >= 0.6 is 11.8 Å². The molecule has 16 heavy (non-hydrogen) atoms. The average Bonchev–Trinajstić information content (AvgIpc) is 2.52. The highest BCUT2D eigenvalue weighted by Crippen LogP contribution is 2.28. The predicted molar refractivity (Wildman–Crippen MR) is 68.0 cm³/mol. The largest absolute Gasteiger partial charge is 0.391 e. The van der Waals surface area contributed by atoms with Gasteiger partial charge in [-0.15, -0.1) is 0 Å². The Labute approximate surface area is 101 Å². The first-order valence-electron chi connectivity index (χ1n) is 5.63. The van der Waals surface area contributed by atoms with Gasteiger partial charge in [0.15, 0.2) is 0 Å². The molecule has 1 fully saturated rings. The summed E-state index contributed by atoms with van der Waals surface area (Å²) in [6.07, 6.45) is 0. The molecule has 0 spiro atoms. The molecule has 2 heterocycles. The maximum Gasteiger partial charge on any atom is 0.132 e. The van der Waals surface area contributed by atoms with Crippen molar-refractivity contribution in [2.75, 3.05) is 23.7 Å². The Morgan fingerprint density at radius 1 is 1.56 bits per heavy atom. The number of hydrogen-bond donors (Lipinski definition) is 1. The Balaban J connectivity index is 2.31. The van der Waals surface area contributed by atoms with Crippen molar-refractivity contribution in [3.63, 3.8) is 0 Å². The number of thioether (sulfide) groups is 1. The Hall–Kier alpha value is -0.680. The van der Waals surface area contributed by atoms with Gasteiger partial charge in [0.05, 0.1) is 12.3 Å². The molecule has 0 aliphatic carbocycles. The topological polar surface area (TPSA) is 41.3 Å². The van der Waals surface area contributed by atoms with Crippen LogP contribution in [0.1, 0.15) is 18.2 Å². The number of aryl methyl sites for hydroxylation is 2. The molecule has 1 unspecified atom stereocenters. The highest BCUT2D eigenvalue weighted by atomic mass is 32.2. The first-order chi connectivity index (χ1) is 7.63. The molecular weight excluding hydrogens is 222 g/mol. The number of nitrogens with zero attached hydrogens (tertiary/aromatic N) is 3. The first kappa shape index (κ1) is 11.8. The second-order valence-corrected chi connectivity index (χ2v) is 5.84. The van der Waals surface area contributed by atoms with Crippen molar-refractivity contribution in [2.45, 2.75) is 25.7 Å². The van der Waals surface area contributed by atoms with Gasteiger partial charge in [0, 0.05) is 36.7 Å². The molecule has 4 nitrogen and oxygen atoms in total. The minimum Gasteiger partial charge on any atom is -0.391 e. The molecule has 5 heteroatoms. The van der Waals surface area contributed by atoms with E-state index in [9.17, 15) is 5.11 Å². The summed E-state index contributed by atoms with van der Waals surface area (Å²) in [7, 11) is 1.95. The molecule has 0 radical (unpaired) electrons. The number of anilines is 1. The molecule has 2 rings (SSSR count). The number of aliphatic hydroxyl groups excluding tert-OH is 1. The molecule has 1 aliphatic rings. The minimum atomic E-state index is 0.0764. The van der Waals surface area contributed by atoms with Crippen LogP contribution in [0.2, 0.25) is 0 Å². The van der Waals surface area contributed by atoms with Crippen LogP contribution in [0, 0.1) is 6.92 Å². The fourth-order valence-corrected chi connectivity index (χ4v) is 3.29. The molecule has 90 valence electrons. The lowest BCUT2D eigenvalue weighted by atomic mass is 10.2. The second kappa shape index (κ2) is 4.67. The highest BCUT2D eigenvalue weighted by molar-refractivity contribution is 8.00. The minimum absolute atomic E-state index is 0.0764. The van der Waals surface area contributed by atoms with E-state index < -0.39 is 0 Å². The molecule has 0 amide bonds. The van der Waals surface area contributed by atoms with E-state index >= 15 is 0 Å². The molecular formula is C11H19N3OS. The normalized spacial score (nSPS) is 21.5. The van der Waals surface area contributed by atoms with Crippen molar-refractivity contribution >= 4 is 17.6 Å². The van der Waals surface area contributed by atoms with Gasteiger partial charge < -0.3 is 10.0 Å². The molecule has 1 atom stereocenters. The van der Waals surface area contributed by atoms with Gasteiger partial charge in [-0.3, -0.25) is 4.68 Å². The lowest BCUT2D eigenvalue weighted by Crippen LogP contribution is -2.38. The number of rotatable bonds is 2. The van der Waals surface area contributed by atoms with Crippen LogP contribution in [0.3, 0.4) is 0 Å². The van der Waals surface area contributed by atoms with Crippen molar-refractivity contribution in [2.24, 2.45) is 7.05 Å². The molecule has 1 N–H and O–H groups in total. The molecule has 1 aliphatic heterocycles. The van der Waals surface area contributed by atoms with Gasteiger partial charge in [-0.2, -0.15) is 16.9 Å². The fraction of sp³-hybridized carbons (Fsp3) is 0.727. The monoisotopic (exact) mass is 241 g/mol. The fourth-order valence-electron chi connectivity index (χ4n) is 2.28. The standard InChI is InChI=1S/C11H19N3OS/c1-8-6-14(4-5-16-8)11-10(7-15)9(2)12-13(11)3/h8,15H,4-7H2,1-3H3. The lowest BCUT2D eigenvalue weighted by molar-refractivity contribution is 0.281. The van der Waals surface area contributed by atoms with Gasteiger partial charge in [0.1, 0.15) is 5.82 Å². The van der Waals surface area contributed by atoms with Crippen LogP contribution in [0.25, 0.3) is 0 Å². The first-order valence-corrected chi connectivity index (χ1v) is 6.68. The summed E-state index contributed by atoms with van der Waals surface area (Å²) in [4.78, 5) is 2.34. The number of aliphatic hydroxyl groups is 1. The molecule has 1 aromatic rings. The van der Waals surface area contributed by atoms with E-state index in [0.29, 0.717) is 5.25 Å². The molecule has 0 aromatic carbocycles. The van der Waals surface area contributed by atoms with E-state index in [-0.39, 0.29) is 6.61 Å². The summed E-state index contributed by atoms with van der Waals surface area (Å²) in [6, 6.07) is 0. The lowest BCUT2D eigenvalue weighted by Gasteiger charge is -2.32. The van der Waals surface area contributed by atoms with E-state index in [1.165, 1.54) is 0 Å². The second-order valence-electron chi connectivity index (χ2n) is 4.30. The third kappa shape index (κ3) is 2.06. The third-order valence-electron chi connectivity index (χ3n) is 3.01. The van der Waals surface area contributed by atoms with Crippen molar-refractivity contribution in [3.05, 3.63) is 11.3 Å². The summed E-state index contributed by atoms with van der Waals surface area (Å²) >= 11 is 2.01. The molecule has 0 saturated carbocycles. The smallest absolute Gasteiger partial charge is 0.132 e. The van der Waals surface area contributed by atoms with Crippen molar-refractivity contribution in [1.82, 2.24) is 9.78 Å². The maximum absolute atomic E-state index is 9.42. The number of hydrogen-bond acceptors (Lipinski definition) is 4. The van der Waals surface area contributed by atoms with E-state index in [2.05, 4.69) is 16.9 Å². The zero-order chi connectivity index (χ0) is 11.7. The van der Waals surface area contributed by atoms with Crippen LogP contribution in [-0.2, 0) is 13.7 Å². The van der Waals surface area contributed by atoms with Gasteiger partial charge >= 0.3 is 0 Å². The van der Waals surface area contributed by atoms with E-state index in [1.807, 2.05) is 30.4 Å². The predicted octanol–water partition coefficient (Wildman–Crippen LogP) is 1.16. The quantitative estimate of drug-likeness (QED) is 0.843. The summed E-state index contributed by atoms with van der Waals surface area (Å²) in [5.41, 5.74) is 1.91. The van der Waals surface area contributed by atoms with Crippen LogP contribution < -0.4 is 4.90 Å². The van der Waals surface area contributed by atoms with Gasteiger partial charge in [-0.05, 0) is 6.92 Å². The van der Waals surface area contributed by atoms with E-state index in [1.54, 1.807) is 0 Å². The Kier molecular flexibility index (Phi) is 3.44. The summed E-state index contributed by atoms with van der Waals surface area (Å²) < 4.78 is 1.89. The maximum atomic E-state index is 9.42. The summed E-state index contributed by atoms with van der Waals surface area (Å²) in [6.45, 7) is 6.36. The van der Waals surface area contributed by atoms with Crippen molar-refractivity contribution in [3.8, 4) is 0 Å². The van der Waals surface area contributed by atoms with Gasteiger partial charge in [0.2, 0.25) is 0 Å². The summed E-state index contributed by atoms with van der Waals surface area (Å²) in [5, 5.41) is 14.5. The van der Waals surface area contributed by atoms with Gasteiger partial charge in [-0.1, -0.05) is 6.92 Å². The SMILES string of the molecule is Cc1nn(C)c(N2CCSC(C)C2)c1CO. The average molecular weight is 241 g/mol. The van der Waals surface area contributed by atoms with Crippen LogP contribution in [-0.4, -0.2) is 39.0 Å². The van der Waals surface area contributed by atoms with Crippen LogP contribution in [0.4, 0.5) is 5.82 Å². The van der Waals surface area contributed by atoms with Crippen molar-refractivity contribution < 1.29 is 5.11 Å². The van der Waals surface area contributed by atoms with E-state index in [0.717, 1.165) is 35.9 Å². The zero-order valence-electron chi connectivity index (χ0n) is 10.1.